The predicted molar refractivity (Wildman–Crippen MR) is 85.9 cm³/mol. The van der Waals surface area contributed by atoms with Gasteiger partial charge in [-0.15, -0.1) is 0 Å². The molecule has 0 atom stereocenters. The predicted octanol–water partition coefficient (Wildman–Crippen LogP) is 3.55. The minimum absolute atomic E-state index is 0.659. The topological polar surface area (TPSA) is 66.5 Å². The van der Waals surface area contributed by atoms with E-state index in [-0.39, 0.29) is 0 Å². The van der Waals surface area contributed by atoms with Gasteiger partial charge in [-0.1, -0.05) is 6.07 Å². The Morgan fingerprint density at radius 2 is 2.00 bits per heavy atom. The van der Waals surface area contributed by atoms with Crippen molar-refractivity contribution in [3.05, 3.63) is 35.5 Å². The second-order valence-corrected chi connectivity index (χ2v) is 5.88. The highest BCUT2D eigenvalue weighted by atomic mass is 32.2. The summed E-state index contributed by atoms with van der Waals surface area (Å²) in [5.74, 6) is 0.659. The quantitative estimate of drug-likeness (QED) is 0.721. The number of rotatable bonds is 4. The van der Waals surface area contributed by atoms with E-state index in [0.29, 0.717) is 5.95 Å². The summed E-state index contributed by atoms with van der Waals surface area (Å²) in [4.78, 5) is 16.7. The summed E-state index contributed by atoms with van der Waals surface area (Å²) in [5.41, 5.74) is 4.18. The summed E-state index contributed by atoms with van der Waals surface area (Å²) < 4.78 is 0. The zero-order valence-electron chi connectivity index (χ0n) is 12.3. The fraction of sp³-hybridized carbons (Fsp3) is 0.267. The number of imidazole rings is 1. The highest BCUT2D eigenvalue weighted by molar-refractivity contribution is 7.99. The van der Waals surface area contributed by atoms with Gasteiger partial charge in [0.05, 0.1) is 11.0 Å². The number of benzene rings is 1. The number of nitrogens with zero attached hydrogens (tertiary/aromatic N) is 3. The maximum atomic E-state index is 4.58. The van der Waals surface area contributed by atoms with Crippen LogP contribution in [0.3, 0.4) is 0 Å². The third kappa shape index (κ3) is 3.16. The lowest BCUT2D eigenvalue weighted by Crippen LogP contribution is -2.03. The lowest BCUT2D eigenvalue weighted by atomic mass is 10.2. The molecule has 0 fully saturated rings. The number of H-pyrrole nitrogens is 1. The Morgan fingerprint density at radius 3 is 2.81 bits per heavy atom. The first-order chi connectivity index (χ1) is 10.1. The Morgan fingerprint density at radius 1 is 1.14 bits per heavy atom. The van der Waals surface area contributed by atoms with Crippen LogP contribution in [0.15, 0.2) is 34.4 Å². The first kappa shape index (κ1) is 13.9. The molecule has 0 aliphatic heterocycles. The van der Waals surface area contributed by atoms with E-state index in [1.807, 2.05) is 26.0 Å². The fourth-order valence-corrected chi connectivity index (χ4v) is 2.94. The molecule has 0 radical (unpaired) electrons. The molecule has 0 amide bonds. The van der Waals surface area contributed by atoms with Gasteiger partial charge in [0.1, 0.15) is 5.03 Å². The minimum atomic E-state index is 0.659. The normalized spacial score (nSPS) is 11.0. The zero-order chi connectivity index (χ0) is 14.8. The van der Waals surface area contributed by atoms with Crippen molar-refractivity contribution in [2.75, 3.05) is 11.9 Å². The van der Waals surface area contributed by atoms with Crippen LogP contribution in [0, 0.1) is 13.8 Å². The maximum absolute atomic E-state index is 4.58. The molecular formula is C15H17N5S. The van der Waals surface area contributed by atoms with Gasteiger partial charge in [-0.25, -0.2) is 15.0 Å². The molecule has 2 aromatic heterocycles. The number of nitrogens with one attached hydrogen (secondary N) is 2. The Labute approximate surface area is 127 Å². The zero-order valence-corrected chi connectivity index (χ0v) is 13.1. The van der Waals surface area contributed by atoms with Crippen molar-refractivity contribution in [1.82, 2.24) is 19.9 Å². The summed E-state index contributed by atoms with van der Waals surface area (Å²) in [5, 5.41) is 4.87. The number of aromatic nitrogens is 4. The minimum Gasteiger partial charge on any atom is -0.354 e. The molecule has 0 bridgehead atoms. The lowest BCUT2D eigenvalue weighted by molar-refractivity contribution is 0.976. The average molecular weight is 299 g/mol. The third-order valence-electron chi connectivity index (χ3n) is 2.98. The van der Waals surface area contributed by atoms with E-state index in [1.165, 1.54) is 17.3 Å². The van der Waals surface area contributed by atoms with E-state index in [2.05, 4.69) is 44.3 Å². The van der Waals surface area contributed by atoms with Gasteiger partial charge in [-0.3, -0.25) is 0 Å². The number of hydrogen-bond acceptors (Lipinski definition) is 5. The molecule has 108 valence electrons. The van der Waals surface area contributed by atoms with Crippen LogP contribution < -0.4 is 5.32 Å². The number of aromatic amines is 1. The molecule has 1 aromatic carbocycles. The van der Waals surface area contributed by atoms with E-state index in [9.17, 15) is 0 Å². The van der Waals surface area contributed by atoms with Gasteiger partial charge in [0.15, 0.2) is 5.16 Å². The second kappa shape index (κ2) is 5.73. The van der Waals surface area contributed by atoms with Gasteiger partial charge in [0.25, 0.3) is 0 Å². The molecule has 0 aliphatic rings. The van der Waals surface area contributed by atoms with Crippen LogP contribution in [0.4, 0.5) is 5.95 Å². The standard InChI is InChI=1S/C15H17N5S/c1-4-16-14-17-10(3)8-13(20-14)21-15-18-11-6-5-9(2)7-12(11)19-15/h5-8H,4H2,1-3H3,(H,18,19)(H,16,17,20). The summed E-state index contributed by atoms with van der Waals surface area (Å²) in [6.07, 6.45) is 0. The van der Waals surface area contributed by atoms with Crippen molar-refractivity contribution in [2.24, 2.45) is 0 Å². The molecule has 3 rings (SSSR count). The molecule has 5 nitrogen and oxygen atoms in total. The highest BCUT2D eigenvalue weighted by Gasteiger charge is 2.08. The maximum Gasteiger partial charge on any atom is 0.223 e. The van der Waals surface area contributed by atoms with Gasteiger partial charge in [0, 0.05) is 12.2 Å². The van der Waals surface area contributed by atoms with Crippen molar-refractivity contribution < 1.29 is 0 Å². The number of anilines is 1. The highest BCUT2D eigenvalue weighted by Crippen LogP contribution is 2.27. The first-order valence-electron chi connectivity index (χ1n) is 6.88. The lowest BCUT2D eigenvalue weighted by Gasteiger charge is -2.04. The van der Waals surface area contributed by atoms with Crippen LogP contribution >= 0.6 is 11.8 Å². The van der Waals surface area contributed by atoms with Crippen LogP contribution in [0.5, 0.6) is 0 Å². The number of hydrogen-bond donors (Lipinski definition) is 2. The van der Waals surface area contributed by atoms with Crippen molar-refractivity contribution >= 4 is 28.7 Å². The molecule has 0 saturated carbocycles. The van der Waals surface area contributed by atoms with Gasteiger partial charge < -0.3 is 10.3 Å². The summed E-state index contributed by atoms with van der Waals surface area (Å²) in [7, 11) is 0. The second-order valence-electron chi connectivity index (χ2n) is 4.87. The van der Waals surface area contributed by atoms with Gasteiger partial charge in [0.2, 0.25) is 5.95 Å². The van der Waals surface area contributed by atoms with E-state index in [1.54, 1.807) is 0 Å². The first-order valence-corrected chi connectivity index (χ1v) is 7.69. The van der Waals surface area contributed by atoms with Crippen LogP contribution in [-0.4, -0.2) is 26.5 Å². The van der Waals surface area contributed by atoms with E-state index in [0.717, 1.165) is 33.5 Å². The summed E-state index contributed by atoms with van der Waals surface area (Å²) in [6.45, 7) is 6.87. The largest absolute Gasteiger partial charge is 0.354 e. The van der Waals surface area contributed by atoms with Crippen LogP contribution in [0.2, 0.25) is 0 Å². The number of aryl methyl sites for hydroxylation is 2. The van der Waals surface area contributed by atoms with E-state index >= 15 is 0 Å². The molecule has 21 heavy (non-hydrogen) atoms. The molecule has 0 aliphatic carbocycles. The SMILES string of the molecule is CCNc1nc(C)cc(Sc2nc3ccc(C)cc3[nH]2)n1. The molecule has 0 saturated heterocycles. The Balaban J connectivity index is 1.90. The van der Waals surface area contributed by atoms with Crippen LogP contribution in [0.25, 0.3) is 11.0 Å². The van der Waals surface area contributed by atoms with Crippen molar-refractivity contribution in [3.63, 3.8) is 0 Å². The molecule has 2 heterocycles. The Kier molecular flexibility index (Phi) is 3.79. The smallest absolute Gasteiger partial charge is 0.223 e. The van der Waals surface area contributed by atoms with Crippen molar-refractivity contribution in [2.45, 2.75) is 31.0 Å². The molecule has 2 N–H and O–H groups in total. The van der Waals surface area contributed by atoms with Crippen molar-refractivity contribution in [1.29, 1.82) is 0 Å². The summed E-state index contributed by atoms with van der Waals surface area (Å²) >= 11 is 1.52. The summed E-state index contributed by atoms with van der Waals surface area (Å²) in [6, 6.07) is 8.15. The van der Waals surface area contributed by atoms with E-state index < -0.39 is 0 Å². The molecule has 6 heteroatoms. The molecule has 3 aromatic rings. The monoisotopic (exact) mass is 299 g/mol. The number of fused-ring (bicyclic) bond motifs is 1. The van der Waals surface area contributed by atoms with Gasteiger partial charge in [-0.2, -0.15) is 0 Å². The Hall–Kier alpha value is -2.08. The Bertz CT molecular complexity index is 781. The third-order valence-corrected chi connectivity index (χ3v) is 3.79. The molecular weight excluding hydrogens is 282 g/mol. The van der Waals surface area contributed by atoms with Crippen LogP contribution in [0.1, 0.15) is 18.2 Å². The average Bonchev–Trinajstić information content (AvgIpc) is 2.79. The van der Waals surface area contributed by atoms with Crippen LogP contribution in [-0.2, 0) is 0 Å². The van der Waals surface area contributed by atoms with Gasteiger partial charge >= 0.3 is 0 Å². The van der Waals surface area contributed by atoms with E-state index in [4.69, 9.17) is 0 Å². The molecule has 0 spiro atoms. The van der Waals surface area contributed by atoms with Crippen molar-refractivity contribution in [3.8, 4) is 0 Å². The fourth-order valence-electron chi connectivity index (χ4n) is 2.08. The van der Waals surface area contributed by atoms with Gasteiger partial charge in [-0.05, 0) is 56.3 Å². The molecule has 0 unspecified atom stereocenters.